The molecule has 0 unspecified atom stereocenters. The molecular weight excluding hydrogens is 218 g/mol. The van der Waals surface area contributed by atoms with Gasteiger partial charge in [0.1, 0.15) is 5.69 Å². The van der Waals surface area contributed by atoms with Crippen molar-refractivity contribution in [3.63, 3.8) is 0 Å². The number of carbonyl (C=O) groups is 1. The third kappa shape index (κ3) is 3.01. The topological polar surface area (TPSA) is 79.5 Å². The monoisotopic (exact) mass is 237 g/mol. The van der Waals surface area contributed by atoms with Crippen molar-refractivity contribution in [3.8, 4) is 0 Å². The average Bonchev–Trinajstić information content (AvgIpc) is 2.37. The first-order valence-electron chi connectivity index (χ1n) is 5.46. The number of aliphatic hydroxyl groups excluding tert-OH is 1. The number of aromatic nitrogens is 1. The van der Waals surface area contributed by atoms with E-state index in [1.807, 2.05) is 0 Å². The third-order valence-corrected chi connectivity index (χ3v) is 2.88. The highest BCUT2D eigenvalue weighted by Crippen LogP contribution is 2.14. The van der Waals surface area contributed by atoms with Crippen LogP contribution in [-0.2, 0) is 6.54 Å². The Labute approximate surface area is 101 Å². The second kappa shape index (κ2) is 5.25. The molecule has 5 nitrogen and oxygen atoms in total. The van der Waals surface area contributed by atoms with Crippen LogP contribution in [0.1, 0.15) is 29.9 Å². The van der Waals surface area contributed by atoms with Crippen LogP contribution in [0.2, 0.25) is 0 Å². The Balaban J connectivity index is 2.89. The first-order valence-corrected chi connectivity index (χ1v) is 5.46. The van der Waals surface area contributed by atoms with Gasteiger partial charge in [-0.05, 0) is 25.5 Å². The molecule has 0 saturated carbocycles. The van der Waals surface area contributed by atoms with Crippen molar-refractivity contribution < 1.29 is 9.90 Å². The summed E-state index contributed by atoms with van der Waals surface area (Å²) in [5, 5.41) is 9.21. The molecule has 0 radical (unpaired) electrons. The molecule has 1 rings (SSSR count). The van der Waals surface area contributed by atoms with Gasteiger partial charge in [0, 0.05) is 19.8 Å². The minimum atomic E-state index is -0.606. The summed E-state index contributed by atoms with van der Waals surface area (Å²) in [6, 6.07) is 3.43. The first-order chi connectivity index (χ1) is 7.92. The van der Waals surface area contributed by atoms with Gasteiger partial charge >= 0.3 is 0 Å². The Morgan fingerprint density at radius 3 is 2.59 bits per heavy atom. The molecule has 1 aromatic rings. The number of pyridine rings is 1. The van der Waals surface area contributed by atoms with Gasteiger partial charge in [-0.2, -0.15) is 0 Å². The summed E-state index contributed by atoms with van der Waals surface area (Å²) in [6.45, 7) is 3.88. The van der Waals surface area contributed by atoms with E-state index in [-0.39, 0.29) is 12.5 Å². The Morgan fingerprint density at radius 2 is 2.18 bits per heavy atom. The summed E-state index contributed by atoms with van der Waals surface area (Å²) < 4.78 is 0. The van der Waals surface area contributed by atoms with E-state index in [0.717, 1.165) is 5.56 Å². The Morgan fingerprint density at radius 1 is 1.53 bits per heavy atom. The molecule has 0 fully saturated rings. The lowest BCUT2D eigenvalue weighted by atomic mass is 10.0. The van der Waals surface area contributed by atoms with Gasteiger partial charge in [0.05, 0.1) is 12.1 Å². The lowest BCUT2D eigenvalue weighted by Gasteiger charge is -2.33. The van der Waals surface area contributed by atoms with E-state index in [1.165, 1.54) is 4.90 Å². The molecule has 3 N–H and O–H groups in total. The molecule has 0 atom stereocenters. The van der Waals surface area contributed by atoms with E-state index in [2.05, 4.69) is 4.98 Å². The molecule has 5 heteroatoms. The Bertz CT molecular complexity index is 387. The van der Waals surface area contributed by atoms with Gasteiger partial charge in [0.15, 0.2) is 0 Å². The van der Waals surface area contributed by atoms with Crippen LogP contribution in [-0.4, -0.2) is 40.1 Å². The van der Waals surface area contributed by atoms with Crippen LogP contribution in [0.5, 0.6) is 0 Å². The van der Waals surface area contributed by atoms with Gasteiger partial charge in [-0.3, -0.25) is 9.78 Å². The maximum absolute atomic E-state index is 12.1. The molecule has 0 aliphatic carbocycles. The number of aliphatic hydroxyl groups is 1. The molecule has 1 heterocycles. The molecule has 1 aromatic heterocycles. The molecule has 0 aromatic carbocycles. The van der Waals surface area contributed by atoms with Gasteiger partial charge in [-0.1, -0.05) is 6.07 Å². The van der Waals surface area contributed by atoms with Crippen molar-refractivity contribution in [2.24, 2.45) is 5.73 Å². The summed E-state index contributed by atoms with van der Waals surface area (Å²) in [5.74, 6) is -0.215. The van der Waals surface area contributed by atoms with Crippen molar-refractivity contribution in [1.82, 2.24) is 9.88 Å². The number of likely N-dealkylation sites (N-methyl/N-ethyl adjacent to an activating group) is 1. The number of nitrogens with zero attached hydrogens (tertiary/aromatic N) is 2. The summed E-state index contributed by atoms with van der Waals surface area (Å²) in [5.41, 5.74) is 6.09. The Kier molecular flexibility index (Phi) is 4.20. The van der Waals surface area contributed by atoms with Crippen LogP contribution in [0.15, 0.2) is 18.3 Å². The van der Waals surface area contributed by atoms with Crippen LogP contribution in [0.25, 0.3) is 0 Å². The van der Waals surface area contributed by atoms with Crippen molar-refractivity contribution in [3.05, 3.63) is 29.6 Å². The van der Waals surface area contributed by atoms with Gasteiger partial charge in [-0.15, -0.1) is 0 Å². The second-order valence-corrected chi connectivity index (χ2v) is 4.59. The fourth-order valence-electron chi connectivity index (χ4n) is 1.22. The van der Waals surface area contributed by atoms with E-state index in [1.54, 1.807) is 39.2 Å². The highest BCUT2D eigenvalue weighted by molar-refractivity contribution is 5.92. The second-order valence-electron chi connectivity index (χ2n) is 4.59. The van der Waals surface area contributed by atoms with Crippen LogP contribution in [0, 0.1) is 0 Å². The molecule has 0 bridgehead atoms. The maximum Gasteiger partial charge on any atom is 0.272 e. The number of carbonyl (C=O) groups excluding carboxylic acids is 1. The fourth-order valence-corrected chi connectivity index (χ4v) is 1.22. The smallest absolute Gasteiger partial charge is 0.272 e. The lowest BCUT2D eigenvalue weighted by molar-refractivity contribution is 0.0467. The largest absolute Gasteiger partial charge is 0.394 e. The van der Waals surface area contributed by atoms with Crippen LogP contribution in [0.3, 0.4) is 0 Å². The van der Waals surface area contributed by atoms with Crippen LogP contribution < -0.4 is 5.73 Å². The van der Waals surface area contributed by atoms with E-state index in [9.17, 15) is 9.90 Å². The van der Waals surface area contributed by atoms with Crippen LogP contribution in [0.4, 0.5) is 0 Å². The maximum atomic E-state index is 12.1. The molecule has 0 saturated heterocycles. The van der Waals surface area contributed by atoms with Gasteiger partial charge in [-0.25, -0.2) is 0 Å². The summed E-state index contributed by atoms with van der Waals surface area (Å²) in [6.07, 6.45) is 1.59. The van der Waals surface area contributed by atoms with Crippen LogP contribution >= 0.6 is 0 Å². The van der Waals surface area contributed by atoms with E-state index >= 15 is 0 Å². The fraction of sp³-hybridized carbons (Fsp3) is 0.500. The minimum Gasteiger partial charge on any atom is -0.394 e. The van der Waals surface area contributed by atoms with Crippen molar-refractivity contribution >= 4 is 5.91 Å². The normalized spacial score (nSPS) is 11.4. The predicted molar refractivity (Wildman–Crippen MR) is 65.4 cm³/mol. The molecule has 17 heavy (non-hydrogen) atoms. The molecule has 1 amide bonds. The van der Waals surface area contributed by atoms with E-state index in [0.29, 0.717) is 12.2 Å². The van der Waals surface area contributed by atoms with Gasteiger partial charge in [0.25, 0.3) is 5.91 Å². The zero-order chi connectivity index (χ0) is 13.1. The highest BCUT2D eigenvalue weighted by Gasteiger charge is 2.28. The molecule has 94 valence electrons. The third-order valence-electron chi connectivity index (χ3n) is 2.88. The first kappa shape index (κ1) is 13.6. The lowest BCUT2D eigenvalue weighted by Crippen LogP contribution is -2.47. The van der Waals surface area contributed by atoms with Crippen molar-refractivity contribution in [1.29, 1.82) is 0 Å². The molecular formula is C12H19N3O2. The van der Waals surface area contributed by atoms with Crippen molar-refractivity contribution in [2.75, 3.05) is 13.7 Å². The number of rotatable bonds is 4. The summed E-state index contributed by atoms with van der Waals surface area (Å²) >= 11 is 0. The number of hydrogen-bond donors (Lipinski definition) is 2. The number of amides is 1. The quantitative estimate of drug-likeness (QED) is 0.793. The highest BCUT2D eigenvalue weighted by atomic mass is 16.3. The minimum absolute atomic E-state index is 0.101. The number of nitrogens with two attached hydrogens (primary N) is 1. The number of hydrogen-bond acceptors (Lipinski definition) is 4. The zero-order valence-electron chi connectivity index (χ0n) is 10.5. The SMILES string of the molecule is CN(C(=O)c1ccc(CN)cn1)C(C)(C)CO. The molecule has 0 spiro atoms. The standard InChI is InChI=1S/C12H19N3O2/c1-12(2,8-16)15(3)11(17)10-5-4-9(6-13)7-14-10/h4-5,7,16H,6,8,13H2,1-3H3. The van der Waals surface area contributed by atoms with E-state index < -0.39 is 5.54 Å². The predicted octanol–water partition coefficient (Wildman–Crippen LogP) is 0.383. The van der Waals surface area contributed by atoms with Gasteiger partial charge < -0.3 is 15.7 Å². The average molecular weight is 237 g/mol. The molecule has 0 aliphatic rings. The zero-order valence-corrected chi connectivity index (χ0v) is 10.5. The Hall–Kier alpha value is -1.46. The van der Waals surface area contributed by atoms with Crippen molar-refractivity contribution in [2.45, 2.75) is 25.9 Å². The van der Waals surface area contributed by atoms with E-state index in [4.69, 9.17) is 5.73 Å². The van der Waals surface area contributed by atoms with Gasteiger partial charge in [0.2, 0.25) is 0 Å². The summed E-state index contributed by atoms with van der Waals surface area (Å²) in [4.78, 5) is 17.6. The summed E-state index contributed by atoms with van der Waals surface area (Å²) in [7, 11) is 1.65. The molecule has 0 aliphatic heterocycles.